The van der Waals surface area contributed by atoms with Crippen molar-refractivity contribution in [1.29, 1.82) is 0 Å². The van der Waals surface area contributed by atoms with Gasteiger partial charge in [-0.1, -0.05) is 24.3 Å². The van der Waals surface area contributed by atoms with Crippen molar-refractivity contribution in [2.24, 2.45) is 0 Å². The average Bonchev–Trinajstić information content (AvgIpc) is 3.00. The molecule has 0 unspecified atom stereocenters. The number of hydrogen-bond acceptors (Lipinski definition) is 3. The average molecular weight is 345 g/mol. The van der Waals surface area contributed by atoms with Crippen molar-refractivity contribution in [3.63, 3.8) is 0 Å². The van der Waals surface area contributed by atoms with Gasteiger partial charge in [-0.05, 0) is 47.0 Å². The molecule has 0 aliphatic heterocycles. The van der Waals surface area contributed by atoms with Crippen LogP contribution in [0.25, 0.3) is 16.9 Å². The number of benzene rings is 2. The number of thiol groups is 1. The largest absolute Gasteiger partial charge is 0.392 e. The first kappa shape index (κ1) is 16.4. The van der Waals surface area contributed by atoms with E-state index in [0.717, 1.165) is 28.1 Å². The van der Waals surface area contributed by atoms with E-state index in [1.54, 1.807) is 30.5 Å². The van der Waals surface area contributed by atoms with Crippen LogP contribution in [0.15, 0.2) is 60.8 Å². The third kappa shape index (κ3) is 3.55. The molecule has 0 atom stereocenters. The molecule has 0 saturated carbocycles. The predicted octanol–water partition coefficient (Wildman–Crippen LogP) is 2.89. The molecule has 1 N–H and O–H groups in total. The maximum Gasteiger partial charge on any atom is 0.144 e. The molecule has 124 valence electrons. The highest BCUT2D eigenvalue weighted by molar-refractivity contribution is 7.71. The molecule has 3 aromatic rings. The second-order valence-electron chi connectivity index (χ2n) is 5.43. The minimum Gasteiger partial charge on any atom is -0.392 e. The van der Waals surface area contributed by atoms with Gasteiger partial charge in [-0.15, -0.1) is 0 Å². The number of halogens is 1. The summed E-state index contributed by atoms with van der Waals surface area (Å²) >= 11 is 0. The van der Waals surface area contributed by atoms with Gasteiger partial charge in [0.05, 0.1) is 18.1 Å². The maximum absolute atomic E-state index is 13.1. The van der Waals surface area contributed by atoms with Crippen LogP contribution in [0.1, 0.15) is 11.1 Å². The molecule has 0 saturated heterocycles. The molecule has 2 aromatic carbocycles. The van der Waals surface area contributed by atoms with E-state index >= 15 is 0 Å². The smallest absolute Gasteiger partial charge is 0.144 e. The molecule has 24 heavy (non-hydrogen) atoms. The van der Waals surface area contributed by atoms with Gasteiger partial charge in [0.25, 0.3) is 0 Å². The normalized spacial score (nSPS) is 11.1. The number of nitrogens with zero attached hydrogens (tertiary/aromatic N) is 1. The van der Waals surface area contributed by atoms with Crippen molar-refractivity contribution >= 4 is 10.7 Å². The molecule has 3 rings (SSSR count). The van der Waals surface area contributed by atoms with E-state index in [9.17, 15) is 17.9 Å². The molecule has 6 heteroatoms. The quantitative estimate of drug-likeness (QED) is 0.699. The summed E-state index contributed by atoms with van der Waals surface area (Å²) in [4.78, 5) is 0. The van der Waals surface area contributed by atoms with Gasteiger partial charge in [0, 0.05) is 11.9 Å². The van der Waals surface area contributed by atoms with Gasteiger partial charge < -0.3 is 9.67 Å². The molecule has 0 bridgehead atoms. The van der Waals surface area contributed by atoms with Crippen molar-refractivity contribution in [2.75, 3.05) is 0 Å². The Morgan fingerprint density at radius 1 is 0.958 bits per heavy atom. The highest BCUT2D eigenvalue weighted by Gasteiger charge is 2.10. The first-order valence-corrected chi connectivity index (χ1v) is 8.72. The lowest BCUT2D eigenvalue weighted by Gasteiger charge is -2.10. The summed E-state index contributed by atoms with van der Waals surface area (Å²) in [6.07, 6.45) is 1.80. The molecule has 1 heterocycles. The van der Waals surface area contributed by atoms with Gasteiger partial charge in [0.15, 0.2) is 0 Å². The van der Waals surface area contributed by atoms with Crippen LogP contribution in [0, 0.1) is 5.82 Å². The summed E-state index contributed by atoms with van der Waals surface area (Å²) in [6, 6.07) is 15.1. The SMILES string of the molecule is O=[SH](=O)Cc1ccc(-c2cc(CO)cn2-c2ccc(F)cc2)cc1. The van der Waals surface area contributed by atoms with Gasteiger partial charge >= 0.3 is 0 Å². The van der Waals surface area contributed by atoms with E-state index in [-0.39, 0.29) is 18.2 Å². The Bertz CT molecular complexity index is 904. The number of rotatable bonds is 5. The third-order valence-corrected chi connectivity index (χ3v) is 4.35. The molecular weight excluding hydrogens is 329 g/mol. The summed E-state index contributed by atoms with van der Waals surface area (Å²) in [7, 11) is -2.46. The second kappa shape index (κ2) is 6.98. The molecule has 0 radical (unpaired) electrons. The number of aliphatic hydroxyl groups is 1. The van der Waals surface area contributed by atoms with Crippen LogP contribution < -0.4 is 0 Å². The van der Waals surface area contributed by atoms with Gasteiger partial charge in [0.1, 0.15) is 16.5 Å². The van der Waals surface area contributed by atoms with Crippen LogP contribution in [0.5, 0.6) is 0 Å². The van der Waals surface area contributed by atoms with E-state index in [1.807, 2.05) is 22.8 Å². The number of hydrogen-bond donors (Lipinski definition) is 2. The molecule has 0 spiro atoms. The highest BCUT2D eigenvalue weighted by atomic mass is 32.2. The Morgan fingerprint density at radius 2 is 1.62 bits per heavy atom. The fraction of sp³-hybridized carbons (Fsp3) is 0.111. The van der Waals surface area contributed by atoms with E-state index in [4.69, 9.17) is 0 Å². The van der Waals surface area contributed by atoms with Crippen LogP contribution in [-0.4, -0.2) is 18.1 Å². The number of aliphatic hydroxyl groups excluding tert-OH is 1. The Morgan fingerprint density at radius 3 is 2.21 bits per heavy atom. The van der Waals surface area contributed by atoms with Crippen LogP contribution in [0.2, 0.25) is 0 Å². The Balaban J connectivity index is 2.03. The van der Waals surface area contributed by atoms with Gasteiger partial charge in [0.2, 0.25) is 0 Å². The fourth-order valence-corrected chi connectivity index (χ4v) is 3.08. The summed E-state index contributed by atoms with van der Waals surface area (Å²) in [5.41, 5.74) is 3.95. The molecule has 0 aliphatic rings. The summed E-state index contributed by atoms with van der Waals surface area (Å²) in [6.45, 7) is -0.101. The lowest BCUT2D eigenvalue weighted by molar-refractivity contribution is 0.282. The van der Waals surface area contributed by atoms with Crippen LogP contribution in [0.3, 0.4) is 0 Å². The predicted molar refractivity (Wildman–Crippen MR) is 91.1 cm³/mol. The zero-order chi connectivity index (χ0) is 17.1. The summed E-state index contributed by atoms with van der Waals surface area (Å²) in [5, 5.41) is 9.42. The molecule has 0 amide bonds. The van der Waals surface area contributed by atoms with Gasteiger partial charge in [-0.2, -0.15) is 0 Å². The van der Waals surface area contributed by atoms with Crippen molar-refractivity contribution in [3.05, 3.63) is 77.7 Å². The third-order valence-electron chi connectivity index (χ3n) is 3.73. The maximum atomic E-state index is 13.1. The first-order chi connectivity index (χ1) is 11.6. The Labute approximate surface area is 140 Å². The number of aromatic nitrogens is 1. The molecule has 4 nitrogen and oxygen atoms in total. The lowest BCUT2D eigenvalue weighted by atomic mass is 10.1. The molecule has 0 fully saturated rings. The standard InChI is InChI=1S/C18H16FNO3S/c19-16-5-7-17(8-6-16)20-10-14(11-21)9-18(20)15-3-1-13(2-4-15)12-24(22)23/h1-10,21,24H,11-12H2. The molecular formula is C18H16FNO3S. The zero-order valence-electron chi connectivity index (χ0n) is 12.7. The van der Waals surface area contributed by atoms with E-state index in [0.29, 0.717) is 0 Å². The van der Waals surface area contributed by atoms with Crippen LogP contribution in [-0.2, 0) is 23.1 Å². The van der Waals surface area contributed by atoms with Crippen molar-refractivity contribution in [1.82, 2.24) is 4.57 Å². The van der Waals surface area contributed by atoms with E-state index in [1.165, 1.54) is 12.1 Å². The Kier molecular flexibility index (Phi) is 4.78. The molecule has 1 aromatic heterocycles. The van der Waals surface area contributed by atoms with Gasteiger partial charge in [-0.3, -0.25) is 0 Å². The fourth-order valence-electron chi connectivity index (χ4n) is 2.57. The lowest BCUT2D eigenvalue weighted by Crippen LogP contribution is -1.95. The second-order valence-corrected chi connectivity index (χ2v) is 6.41. The minimum atomic E-state index is -2.46. The van der Waals surface area contributed by atoms with Crippen molar-refractivity contribution in [2.45, 2.75) is 12.4 Å². The minimum absolute atomic E-state index is 0.0104. The zero-order valence-corrected chi connectivity index (χ0v) is 13.6. The van der Waals surface area contributed by atoms with Crippen LogP contribution in [0.4, 0.5) is 4.39 Å². The van der Waals surface area contributed by atoms with Crippen molar-refractivity contribution in [3.8, 4) is 16.9 Å². The van der Waals surface area contributed by atoms with E-state index in [2.05, 4.69) is 0 Å². The monoisotopic (exact) mass is 345 g/mol. The molecule has 0 aliphatic carbocycles. The first-order valence-electron chi connectivity index (χ1n) is 7.36. The summed E-state index contributed by atoms with van der Waals surface area (Å²) < 4.78 is 36.6. The van der Waals surface area contributed by atoms with Crippen molar-refractivity contribution < 1.29 is 17.9 Å². The Hall–Kier alpha value is -2.44. The van der Waals surface area contributed by atoms with Crippen LogP contribution >= 0.6 is 0 Å². The topological polar surface area (TPSA) is 59.3 Å². The van der Waals surface area contributed by atoms with Gasteiger partial charge in [-0.25, -0.2) is 12.8 Å². The summed E-state index contributed by atoms with van der Waals surface area (Å²) in [5.74, 6) is -0.304. The highest BCUT2D eigenvalue weighted by Crippen LogP contribution is 2.27. The van der Waals surface area contributed by atoms with E-state index < -0.39 is 10.7 Å².